The van der Waals surface area contributed by atoms with E-state index < -0.39 is 6.03 Å². The van der Waals surface area contributed by atoms with Gasteiger partial charge in [-0.25, -0.2) is 9.69 Å². The van der Waals surface area contributed by atoms with Crippen molar-refractivity contribution in [3.8, 4) is 0 Å². The maximum atomic E-state index is 12.3. The molecule has 5 nitrogen and oxygen atoms in total. The van der Waals surface area contributed by atoms with Crippen LogP contribution < -0.4 is 16.0 Å². The Balaban J connectivity index is 2.10. The molecular formula is C17H19N3O2. The molecule has 0 aliphatic heterocycles. The molecule has 5 heteroatoms. The van der Waals surface area contributed by atoms with Crippen molar-refractivity contribution in [2.24, 2.45) is 0 Å². The van der Waals surface area contributed by atoms with Crippen LogP contribution in [0.1, 0.15) is 18.1 Å². The number of aryl methyl sites for hydroxylation is 1. The third-order valence-electron chi connectivity index (χ3n) is 3.21. The zero-order chi connectivity index (χ0) is 16.1. The number of rotatable bonds is 3. The van der Waals surface area contributed by atoms with Crippen LogP contribution in [-0.4, -0.2) is 11.9 Å². The number of carbonyl (C=O) groups is 2. The molecular weight excluding hydrogens is 278 g/mol. The van der Waals surface area contributed by atoms with Crippen LogP contribution in [0.5, 0.6) is 0 Å². The Kier molecular flexibility index (Phi) is 4.78. The van der Waals surface area contributed by atoms with Gasteiger partial charge in [-0.3, -0.25) is 4.79 Å². The zero-order valence-electron chi connectivity index (χ0n) is 12.7. The average molecular weight is 297 g/mol. The molecule has 22 heavy (non-hydrogen) atoms. The zero-order valence-corrected chi connectivity index (χ0v) is 12.7. The van der Waals surface area contributed by atoms with E-state index in [1.807, 2.05) is 31.2 Å². The van der Waals surface area contributed by atoms with Crippen LogP contribution in [0.15, 0.2) is 48.5 Å². The molecule has 0 unspecified atom stereocenters. The third kappa shape index (κ3) is 3.85. The first-order valence-electron chi connectivity index (χ1n) is 6.97. The number of benzene rings is 2. The second-order valence-electron chi connectivity index (χ2n) is 5.09. The predicted octanol–water partition coefficient (Wildman–Crippen LogP) is 2.84. The number of imide groups is 1. The number of urea groups is 1. The molecule has 0 aliphatic rings. The number of nitrogens with one attached hydrogen (secondary N) is 1. The van der Waals surface area contributed by atoms with E-state index in [1.54, 1.807) is 24.3 Å². The van der Waals surface area contributed by atoms with E-state index in [-0.39, 0.29) is 5.91 Å². The van der Waals surface area contributed by atoms with Crippen LogP contribution in [0.3, 0.4) is 0 Å². The third-order valence-corrected chi connectivity index (χ3v) is 3.21. The van der Waals surface area contributed by atoms with E-state index in [0.717, 1.165) is 16.0 Å². The number of hydrogen-bond donors (Lipinski definition) is 2. The molecule has 114 valence electrons. The molecule has 2 aromatic carbocycles. The SMILES string of the molecule is CC(=O)N(C(=O)NCc1ccc(C)cc1)c1cccc(N)c1. The highest BCUT2D eigenvalue weighted by Crippen LogP contribution is 2.18. The molecule has 2 rings (SSSR count). The van der Waals surface area contributed by atoms with Gasteiger partial charge in [-0.15, -0.1) is 0 Å². The Bertz CT molecular complexity index is 681. The lowest BCUT2D eigenvalue weighted by Crippen LogP contribution is -2.42. The number of nitrogen functional groups attached to an aromatic ring is 1. The van der Waals surface area contributed by atoms with Crippen molar-refractivity contribution in [2.45, 2.75) is 20.4 Å². The first kappa shape index (κ1) is 15.6. The topological polar surface area (TPSA) is 75.4 Å². The molecule has 2 aromatic rings. The summed E-state index contributed by atoms with van der Waals surface area (Å²) in [7, 11) is 0. The number of nitrogens with zero attached hydrogens (tertiary/aromatic N) is 1. The lowest BCUT2D eigenvalue weighted by molar-refractivity contribution is -0.115. The fraction of sp³-hybridized carbons (Fsp3) is 0.176. The number of amides is 3. The summed E-state index contributed by atoms with van der Waals surface area (Å²) < 4.78 is 0. The summed E-state index contributed by atoms with van der Waals surface area (Å²) in [5.41, 5.74) is 8.77. The lowest BCUT2D eigenvalue weighted by atomic mass is 10.1. The lowest BCUT2D eigenvalue weighted by Gasteiger charge is -2.20. The van der Waals surface area contributed by atoms with Crippen molar-refractivity contribution in [3.63, 3.8) is 0 Å². The van der Waals surface area contributed by atoms with Gasteiger partial charge in [-0.1, -0.05) is 35.9 Å². The van der Waals surface area contributed by atoms with E-state index >= 15 is 0 Å². The Morgan fingerprint density at radius 3 is 2.41 bits per heavy atom. The summed E-state index contributed by atoms with van der Waals surface area (Å²) >= 11 is 0. The average Bonchev–Trinajstić information content (AvgIpc) is 2.46. The van der Waals surface area contributed by atoms with Gasteiger partial charge in [0.1, 0.15) is 0 Å². The molecule has 0 aromatic heterocycles. The van der Waals surface area contributed by atoms with Gasteiger partial charge in [0.05, 0.1) is 5.69 Å². The molecule has 0 saturated carbocycles. The number of carbonyl (C=O) groups excluding carboxylic acids is 2. The molecule has 0 saturated heterocycles. The molecule has 0 radical (unpaired) electrons. The van der Waals surface area contributed by atoms with Gasteiger partial charge in [0, 0.05) is 19.2 Å². The predicted molar refractivity (Wildman–Crippen MR) is 87.4 cm³/mol. The molecule has 3 amide bonds. The van der Waals surface area contributed by atoms with E-state index in [1.165, 1.54) is 6.92 Å². The van der Waals surface area contributed by atoms with E-state index in [2.05, 4.69) is 5.32 Å². The molecule has 0 aliphatic carbocycles. The summed E-state index contributed by atoms with van der Waals surface area (Å²) in [4.78, 5) is 25.1. The highest BCUT2D eigenvalue weighted by atomic mass is 16.2. The van der Waals surface area contributed by atoms with Gasteiger partial charge in [0.2, 0.25) is 5.91 Å². The largest absolute Gasteiger partial charge is 0.399 e. The van der Waals surface area contributed by atoms with E-state index in [4.69, 9.17) is 5.73 Å². The van der Waals surface area contributed by atoms with Crippen LogP contribution in [0, 0.1) is 6.92 Å². The van der Waals surface area contributed by atoms with E-state index in [0.29, 0.717) is 17.9 Å². The summed E-state index contributed by atoms with van der Waals surface area (Å²) in [6.45, 7) is 3.69. The van der Waals surface area contributed by atoms with Crippen LogP contribution in [0.25, 0.3) is 0 Å². The summed E-state index contributed by atoms with van der Waals surface area (Å²) in [5, 5.41) is 2.74. The van der Waals surface area contributed by atoms with Crippen molar-refractivity contribution in [1.29, 1.82) is 0 Å². The number of anilines is 2. The fourth-order valence-corrected chi connectivity index (χ4v) is 2.07. The van der Waals surface area contributed by atoms with Gasteiger partial charge in [-0.05, 0) is 30.7 Å². The molecule has 3 N–H and O–H groups in total. The van der Waals surface area contributed by atoms with Crippen molar-refractivity contribution in [3.05, 3.63) is 59.7 Å². The van der Waals surface area contributed by atoms with Gasteiger partial charge in [0.15, 0.2) is 0 Å². The Morgan fingerprint density at radius 2 is 1.82 bits per heavy atom. The van der Waals surface area contributed by atoms with Gasteiger partial charge in [0.25, 0.3) is 0 Å². The first-order chi connectivity index (χ1) is 10.5. The van der Waals surface area contributed by atoms with Crippen LogP contribution >= 0.6 is 0 Å². The second-order valence-corrected chi connectivity index (χ2v) is 5.09. The monoisotopic (exact) mass is 297 g/mol. The Morgan fingerprint density at radius 1 is 1.14 bits per heavy atom. The van der Waals surface area contributed by atoms with Crippen LogP contribution in [-0.2, 0) is 11.3 Å². The van der Waals surface area contributed by atoms with Gasteiger partial charge >= 0.3 is 6.03 Å². The Hall–Kier alpha value is -2.82. The highest BCUT2D eigenvalue weighted by molar-refractivity contribution is 6.13. The second kappa shape index (κ2) is 6.76. The quantitative estimate of drug-likeness (QED) is 0.855. The maximum Gasteiger partial charge on any atom is 0.329 e. The molecule has 0 heterocycles. The first-order valence-corrected chi connectivity index (χ1v) is 6.97. The Labute approximate surface area is 129 Å². The van der Waals surface area contributed by atoms with Crippen molar-refractivity contribution in [2.75, 3.05) is 10.6 Å². The molecule has 0 bridgehead atoms. The van der Waals surface area contributed by atoms with Crippen LogP contribution in [0.4, 0.5) is 16.2 Å². The summed E-state index contributed by atoms with van der Waals surface area (Å²) in [5.74, 6) is -0.369. The van der Waals surface area contributed by atoms with Crippen molar-refractivity contribution >= 4 is 23.3 Å². The molecule has 0 fully saturated rings. The van der Waals surface area contributed by atoms with Crippen molar-refractivity contribution < 1.29 is 9.59 Å². The highest BCUT2D eigenvalue weighted by Gasteiger charge is 2.19. The maximum absolute atomic E-state index is 12.3. The van der Waals surface area contributed by atoms with Gasteiger partial charge < -0.3 is 11.1 Å². The number of nitrogens with two attached hydrogens (primary N) is 1. The van der Waals surface area contributed by atoms with Crippen molar-refractivity contribution in [1.82, 2.24) is 5.32 Å². The minimum Gasteiger partial charge on any atom is -0.399 e. The number of hydrogen-bond acceptors (Lipinski definition) is 3. The standard InChI is InChI=1S/C17H19N3O2/c1-12-6-8-14(9-7-12)11-19-17(22)20(13(2)21)16-5-3-4-15(18)10-16/h3-10H,11,18H2,1-2H3,(H,19,22). The molecule has 0 atom stereocenters. The summed E-state index contributed by atoms with van der Waals surface area (Å²) in [6, 6.07) is 14.0. The summed E-state index contributed by atoms with van der Waals surface area (Å²) in [6.07, 6.45) is 0. The van der Waals surface area contributed by atoms with E-state index in [9.17, 15) is 9.59 Å². The van der Waals surface area contributed by atoms with Gasteiger partial charge in [-0.2, -0.15) is 0 Å². The molecule has 0 spiro atoms. The van der Waals surface area contributed by atoms with Crippen LogP contribution in [0.2, 0.25) is 0 Å². The minimum atomic E-state index is -0.473. The normalized spacial score (nSPS) is 10.1. The fourth-order valence-electron chi connectivity index (χ4n) is 2.07. The smallest absolute Gasteiger partial charge is 0.329 e. The minimum absolute atomic E-state index is 0.352.